The Kier molecular flexibility index (Phi) is 6.92. The van der Waals surface area contributed by atoms with Crippen LogP contribution < -0.4 is 14.8 Å². The summed E-state index contributed by atoms with van der Waals surface area (Å²) in [6.07, 6.45) is 1.49. The van der Waals surface area contributed by atoms with Crippen molar-refractivity contribution in [2.75, 3.05) is 19.0 Å². The Morgan fingerprint density at radius 2 is 2.15 bits per heavy atom. The molecule has 0 fully saturated rings. The van der Waals surface area contributed by atoms with Crippen molar-refractivity contribution in [2.24, 2.45) is 0 Å². The molecule has 176 valence electrons. The van der Waals surface area contributed by atoms with Crippen LogP contribution in [0.5, 0.6) is 11.5 Å². The van der Waals surface area contributed by atoms with Gasteiger partial charge in [0, 0.05) is 11.3 Å². The summed E-state index contributed by atoms with van der Waals surface area (Å²) in [5, 5.41) is 14.8. The number of carbonyl (C=O) groups is 1. The molecule has 1 aliphatic rings. The van der Waals surface area contributed by atoms with E-state index in [1.54, 1.807) is 37.3 Å². The van der Waals surface area contributed by atoms with E-state index in [-0.39, 0.29) is 19.0 Å². The maximum Gasteiger partial charge on any atom is 0.338 e. The molecule has 2 aromatic carbocycles. The van der Waals surface area contributed by atoms with Gasteiger partial charge in [-0.2, -0.15) is 4.68 Å². The Morgan fingerprint density at radius 1 is 1.35 bits per heavy atom. The number of nitrogens with zero attached hydrogens (tertiary/aromatic N) is 4. The lowest BCUT2D eigenvalue weighted by Crippen LogP contribution is -2.29. The van der Waals surface area contributed by atoms with Gasteiger partial charge in [-0.05, 0) is 57.0 Å². The van der Waals surface area contributed by atoms with Gasteiger partial charge < -0.3 is 19.5 Å². The van der Waals surface area contributed by atoms with Gasteiger partial charge in [-0.1, -0.05) is 36.0 Å². The van der Waals surface area contributed by atoms with Crippen molar-refractivity contribution in [1.29, 1.82) is 0 Å². The Balaban J connectivity index is 1.73. The Bertz CT molecular complexity index is 1280. The number of anilines is 1. The van der Waals surface area contributed by atoms with Crippen molar-refractivity contribution in [3.63, 3.8) is 0 Å². The van der Waals surface area contributed by atoms with E-state index in [2.05, 4.69) is 43.4 Å². The predicted molar refractivity (Wildman–Crippen MR) is 125 cm³/mol. The van der Waals surface area contributed by atoms with E-state index in [9.17, 15) is 9.18 Å². The van der Waals surface area contributed by atoms with Crippen LogP contribution in [0.1, 0.15) is 24.1 Å². The smallest absolute Gasteiger partial charge is 0.338 e. The van der Waals surface area contributed by atoms with Gasteiger partial charge in [0.2, 0.25) is 5.95 Å². The fourth-order valence-corrected chi connectivity index (χ4v) is 4.17. The SMILES string of the molecule is C=CCOC(=O)C1=C(C)Nc2nnnn2C1c1cc(Br)c(OCc2ccccc2F)c(OC)c1. The van der Waals surface area contributed by atoms with Crippen LogP contribution in [0, 0.1) is 5.82 Å². The molecular formula is C23H21BrFN5O4. The zero-order valence-electron chi connectivity index (χ0n) is 18.4. The first-order valence-corrected chi connectivity index (χ1v) is 11.0. The number of hydrogen-bond acceptors (Lipinski definition) is 8. The lowest BCUT2D eigenvalue weighted by atomic mass is 9.95. The highest BCUT2D eigenvalue weighted by atomic mass is 79.9. The highest BCUT2D eigenvalue weighted by Crippen LogP contribution is 2.43. The first-order chi connectivity index (χ1) is 16.4. The van der Waals surface area contributed by atoms with Crippen LogP contribution in [-0.2, 0) is 16.1 Å². The van der Waals surface area contributed by atoms with Crippen LogP contribution in [0.2, 0.25) is 0 Å². The van der Waals surface area contributed by atoms with Gasteiger partial charge in [-0.25, -0.2) is 9.18 Å². The van der Waals surface area contributed by atoms with E-state index in [1.165, 1.54) is 23.9 Å². The number of aromatic nitrogens is 4. The number of halogens is 2. The zero-order chi connectivity index (χ0) is 24.2. The van der Waals surface area contributed by atoms with E-state index in [1.807, 2.05) is 0 Å². The van der Waals surface area contributed by atoms with Crippen molar-refractivity contribution in [3.05, 3.63) is 81.7 Å². The van der Waals surface area contributed by atoms with Gasteiger partial charge in [0.25, 0.3) is 0 Å². The Labute approximate surface area is 203 Å². The average molecular weight is 530 g/mol. The molecule has 0 spiro atoms. The molecule has 0 aliphatic carbocycles. The maximum absolute atomic E-state index is 14.0. The highest BCUT2D eigenvalue weighted by molar-refractivity contribution is 9.10. The van der Waals surface area contributed by atoms with Gasteiger partial charge in [0.05, 0.1) is 17.2 Å². The maximum atomic E-state index is 14.0. The second kappa shape index (κ2) is 10.0. The average Bonchev–Trinajstić information content (AvgIpc) is 3.29. The molecule has 1 aromatic heterocycles. The number of methoxy groups -OCH3 is 1. The molecule has 0 amide bonds. The van der Waals surface area contributed by atoms with Gasteiger partial charge in [-0.15, -0.1) is 0 Å². The van der Waals surface area contributed by atoms with E-state index in [4.69, 9.17) is 14.2 Å². The van der Waals surface area contributed by atoms with E-state index in [0.717, 1.165) is 0 Å². The fraction of sp³-hybridized carbons (Fsp3) is 0.217. The molecule has 0 saturated heterocycles. The second-order valence-corrected chi connectivity index (χ2v) is 8.17. The quantitative estimate of drug-likeness (QED) is 0.342. The van der Waals surface area contributed by atoms with Crippen molar-refractivity contribution in [2.45, 2.75) is 19.6 Å². The predicted octanol–water partition coefficient (Wildman–Crippen LogP) is 4.18. The van der Waals surface area contributed by atoms with Crippen molar-refractivity contribution < 1.29 is 23.4 Å². The number of ether oxygens (including phenoxy) is 3. The first kappa shape index (κ1) is 23.4. The van der Waals surface area contributed by atoms with Crippen LogP contribution in [0.15, 0.2) is 64.8 Å². The molecule has 2 heterocycles. The summed E-state index contributed by atoms with van der Waals surface area (Å²) in [7, 11) is 1.49. The molecule has 3 aromatic rings. The van der Waals surface area contributed by atoms with Crippen LogP contribution in [0.3, 0.4) is 0 Å². The molecule has 1 unspecified atom stereocenters. The van der Waals surface area contributed by atoms with E-state index < -0.39 is 12.0 Å². The fourth-order valence-electron chi connectivity index (χ4n) is 3.60. The normalized spacial score (nSPS) is 14.8. The molecule has 1 aliphatic heterocycles. The molecular weight excluding hydrogens is 509 g/mol. The lowest BCUT2D eigenvalue weighted by molar-refractivity contribution is -0.138. The van der Waals surface area contributed by atoms with Gasteiger partial charge in [0.15, 0.2) is 11.5 Å². The monoisotopic (exact) mass is 529 g/mol. The third-order valence-corrected chi connectivity index (χ3v) is 5.75. The number of esters is 1. The van der Waals surface area contributed by atoms with Crippen LogP contribution in [0.25, 0.3) is 0 Å². The number of nitrogens with one attached hydrogen (secondary N) is 1. The van der Waals surface area contributed by atoms with Gasteiger partial charge in [0.1, 0.15) is 25.1 Å². The molecule has 0 radical (unpaired) electrons. The van der Waals surface area contributed by atoms with Crippen LogP contribution in [-0.4, -0.2) is 39.9 Å². The Hall–Kier alpha value is -3.73. The number of fused-ring (bicyclic) bond motifs is 1. The van der Waals surface area contributed by atoms with Gasteiger partial charge in [-0.3, -0.25) is 0 Å². The van der Waals surface area contributed by atoms with Crippen molar-refractivity contribution in [3.8, 4) is 11.5 Å². The Morgan fingerprint density at radius 3 is 2.88 bits per heavy atom. The van der Waals surface area contributed by atoms with Crippen LogP contribution in [0.4, 0.5) is 10.3 Å². The summed E-state index contributed by atoms with van der Waals surface area (Å²) in [6, 6.07) is 9.16. The minimum Gasteiger partial charge on any atom is -0.493 e. The van der Waals surface area contributed by atoms with E-state index in [0.29, 0.717) is 44.3 Å². The molecule has 4 rings (SSSR count). The van der Waals surface area contributed by atoms with E-state index >= 15 is 0 Å². The molecule has 1 atom stereocenters. The number of allylic oxidation sites excluding steroid dienone is 1. The van der Waals surface area contributed by atoms with Gasteiger partial charge >= 0.3 is 5.97 Å². The highest BCUT2D eigenvalue weighted by Gasteiger charge is 2.36. The second-order valence-electron chi connectivity index (χ2n) is 7.31. The minimum atomic E-state index is -0.700. The molecule has 11 heteroatoms. The number of rotatable bonds is 8. The van der Waals surface area contributed by atoms with Crippen LogP contribution >= 0.6 is 15.9 Å². The number of tetrazole rings is 1. The number of hydrogen-bond donors (Lipinski definition) is 1. The zero-order valence-corrected chi connectivity index (χ0v) is 20.0. The molecule has 0 saturated carbocycles. The standard InChI is InChI=1S/C23H21BrFN5O4/c1-4-9-33-22(31)19-13(2)26-23-27-28-29-30(23)20(19)15-10-16(24)21(18(11-15)32-3)34-12-14-7-5-6-8-17(14)25/h4-8,10-11,20H,1,9,12H2,2-3H3,(H,26,27,29). The molecule has 34 heavy (non-hydrogen) atoms. The molecule has 9 nitrogen and oxygen atoms in total. The largest absolute Gasteiger partial charge is 0.493 e. The number of carbonyl (C=O) groups excluding carboxylic acids is 1. The summed E-state index contributed by atoms with van der Waals surface area (Å²) < 4.78 is 32.8. The summed E-state index contributed by atoms with van der Waals surface area (Å²) in [6.45, 7) is 5.39. The third-order valence-electron chi connectivity index (χ3n) is 5.16. The first-order valence-electron chi connectivity index (χ1n) is 10.2. The molecule has 0 bridgehead atoms. The van der Waals surface area contributed by atoms with Crippen molar-refractivity contribution >= 4 is 27.8 Å². The number of benzene rings is 2. The summed E-state index contributed by atoms with van der Waals surface area (Å²) in [4.78, 5) is 12.9. The molecule has 1 N–H and O–H groups in total. The summed E-state index contributed by atoms with van der Waals surface area (Å²) in [5.41, 5.74) is 1.93. The third kappa shape index (κ3) is 4.51. The minimum absolute atomic E-state index is 0.00358. The summed E-state index contributed by atoms with van der Waals surface area (Å²) >= 11 is 3.52. The van der Waals surface area contributed by atoms with Crippen molar-refractivity contribution in [1.82, 2.24) is 20.2 Å². The summed E-state index contributed by atoms with van der Waals surface area (Å²) in [5.74, 6) is 0.240. The lowest BCUT2D eigenvalue weighted by Gasteiger charge is -2.28. The topological polar surface area (TPSA) is 100 Å².